The summed E-state index contributed by atoms with van der Waals surface area (Å²) in [5, 5.41) is 7.06. The lowest BCUT2D eigenvalue weighted by molar-refractivity contribution is 0.553. The molecule has 0 spiro atoms. The molecule has 0 aliphatic heterocycles. The highest BCUT2D eigenvalue weighted by molar-refractivity contribution is 7.71. The summed E-state index contributed by atoms with van der Waals surface area (Å²) < 4.78 is 2.83. The predicted octanol–water partition coefficient (Wildman–Crippen LogP) is 2.86. The number of hydrogen-bond acceptors (Lipinski definition) is 2. The first-order valence-electron chi connectivity index (χ1n) is 4.82. The number of nitrogens with one attached hydrogen (secondary N) is 1. The Bertz CT molecular complexity index is 311. The summed E-state index contributed by atoms with van der Waals surface area (Å²) >= 11 is 5.14. The Morgan fingerprint density at radius 3 is 2.77 bits per heavy atom. The van der Waals surface area contributed by atoms with Gasteiger partial charge in [0.25, 0.3) is 0 Å². The van der Waals surface area contributed by atoms with Crippen molar-refractivity contribution in [3.05, 3.63) is 10.6 Å². The Balaban J connectivity index is 2.87. The molecule has 0 atom stereocenters. The average Bonchev–Trinajstić information content (AvgIpc) is 2.43. The molecule has 0 saturated heterocycles. The van der Waals surface area contributed by atoms with Gasteiger partial charge < -0.3 is 4.57 Å². The number of nitrogens with zero attached hydrogens (tertiary/aromatic N) is 2. The van der Waals surface area contributed by atoms with Gasteiger partial charge in [0.2, 0.25) is 0 Å². The van der Waals surface area contributed by atoms with Crippen molar-refractivity contribution in [2.45, 2.75) is 46.1 Å². The van der Waals surface area contributed by atoms with E-state index in [-0.39, 0.29) is 0 Å². The monoisotopic (exact) mass is 199 g/mol. The maximum Gasteiger partial charge on any atom is 0.195 e. The molecule has 0 aliphatic carbocycles. The van der Waals surface area contributed by atoms with E-state index in [1.54, 1.807) is 0 Å². The topological polar surface area (TPSA) is 33.6 Å². The van der Waals surface area contributed by atoms with E-state index in [9.17, 15) is 0 Å². The second kappa shape index (κ2) is 4.56. The highest BCUT2D eigenvalue weighted by Gasteiger charge is 2.07. The number of aryl methyl sites for hydroxylation is 1. The molecule has 4 heteroatoms. The van der Waals surface area contributed by atoms with Crippen LogP contribution in [0.3, 0.4) is 0 Å². The van der Waals surface area contributed by atoms with E-state index in [1.807, 2.05) is 0 Å². The molecule has 3 nitrogen and oxygen atoms in total. The number of rotatable bonds is 4. The molecular formula is C9H17N3S. The molecule has 1 rings (SSSR count). The van der Waals surface area contributed by atoms with Crippen molar-refractivity contribution in [3.8, 4) is 0 Å². The van der Waals surface area contributed by atoms with Crippen LogP contribution in [0.25, 0.3) is 0 Å². The van der Waals surface area contributed by atoms with E-state index in [4.69, 9.17) is 12.2 Å². The molecule has 0 saturated carbocycles. The van der Waals surface area contributed by atoms with Crippen molar-refractivity contribution in [1.82, 2.24) is 14.8 Å². The van der Waals surface area contributed by atoms with Gasteiger partial charge >= 0.3 is 0 Å². The number of hydrogen-bond donors (Lipinski definition) is 1. The van der Waals surface area contributed by atoms with Crippen molar-refractivity contribution >= 4 is 12.2 Å². The molecule has 13 heavy (non-hydrogen) atoms. The molecule has 0 fully saturated rings. The molecule has 0 aromatic carbocycles. The molecule has 0 radical (unpaired) electrons. The van der Waals surface area contributed by atoms with Gasteiger partial charge in [-0.05, 0) is 32.5 Å². The van der Waals surface area contributed by atoms with Crippen molar-refractivity contribution in [2.75, 3.05) is 0 Å². The lowest BCUT2D eigenvalue weighted by atomic mass is 10.2. The summed E-state index contributed by atoms with van der Waals surface area (Å²) in [7, 11) is 0. The number of aromatic nitrogens is 3. The molecule has 1 heterocycles. The Morgan fingerprint density at radius 1 is 1.54 bits per heavy atom. The fraction of sp³-hybridized carbons (Fsp3) is 0.778. The maximum atomic E-state index is 5.14. The van der Waals surface area contributed by atoms with Gasteiger partial charge in [0.05, 0.1) is 0 Å². The van der Waals surface area contributed by atoms with E-state index in [0.717, 1.165) is 17.0 Å². The van der Waals surface area contributed by atoms with Crippen LogP contribution in [0.4, 0.5) is 0 Å². The fourth-order valence-corrected chi connectivity index (χ4v) is 1.74. The molecule has 0 amide bonds. The largest absolute Gasteiger partial charge is 0.302 e. The lowest BCUT2D eigenvalue weighted by Gasteiger charge is -2.09. The SMILES string of the molecule is CCCCc1n[nH]c(=S)n1C(C)C. The van der Waals surface area contributed by atoms with Gasteiger partial charge in [-0.25, -0.2) is 0 Å². The van der Waals surface area contributed by atoms with E-state index in [2.05, 4.69) is 35.5 Å². The summed E-state index contributed by atoms with van der Waals surface area (Å²) in [6.45, 7) is 6.43. The average molecular weight is 199 g/mol. The minimum absolute atomic E-state index is 0.401. The van der Waals surface area contributed by atoms with Crippen LogP contribution in [-0.2, 0) is 6.42 Å². The smallest absolute Gasteiger partial charge is 0.195 e. The number of H-pyrrole nitrogens is 1. The normalized spacial score (nSPS) is 11.1. The lowest BCUT2D eigenvalue weighted by Crippen LogP contribution is -2.06. The van der Waals surface area contributed by atoms with E-state index in [1.165, 1.54) is 12.8 Å². The molecule has 0 unspecified atom stereocenters. The summed E-state index contributed by atoms with van der Waals surface area (Å²) in [6.07, 6.45) is 3.38. The summed E-state index contributed by atoms with van der Waals surface area (Å²) in [5.41, 5.74) is 0. The van der Waals surface area contributed by atoms with Crippen LogP contribution < -0.4 is 0 Å². The van der Waals surface area contributed by atoms with Crippen molar-refractivity contribution in [1.29, 1.82) is 0 Å². The third kappa shape index (κ3) is 2.40. The Morgan fingerprint density at radius 2 is 2.23 bits per heavy atom. The van der Waals surface area contributed by atoms with Crippen LogP contribution in [0, 0.1) is 4.77 Å². The summed E-state index contributed by atoms with van der Waals surface area (Å²) in [6, 6.07) is 0.401. The molecule has 1 N–H and O–H groups in total. The van der Waals surface area contributed by atoms with Gasteiger partial charge in [0, 0.05) is 12.5 Å². The number of unbranched alkanes of at least 4 members (excludes halogenated alkanes) is 1. The van der Waals surface area contributed by atoms with Crippen LogP contribution in [0.1, 0.15) is 45.5 Å². The van der Waals surface area contributed by atoms with Gasteiger partial charge in [-0.15, -0.1) is 0 Å². The molecule has 1 aromatic rings. The highest BCUT2D eigenvalue weighted by atomic mass is 32.1. The van der Waals surface area contributed by atoms with E-state index >= 15 is 0 Å². The van der Waals surface area contributed by atoms with Crippen LogP contribution in [0.2, 0.25) is 0 Å². The minimum Gasteiger partial charge on any atom is -0.302 e. The van der Waals surface area contributed by atoms with Gasteiger partial charge in [-0.3, -0.25) is 5.10 Å². The quantitative estimate of drug-likeness (QED) is 0.756. The summed E-state index contributed by atoms with van der Waals surface area (Å²) in [5.74, 6) is 1.09. The van der Waals surface area contributed by atoms with Crippen molar-refractivity contribution in [3.63, 3.8) is 0 Å². The van der Waals surface area contributed by atoms with Gasteiger partial charge in [-0.1, -0.05) is 13.3 Å². The third-order valence-corrected chi connectivity index (χ3v) is 2.34. The first-order valence-corrected chi connectivity index (χ1v) is 5.23. The second-order valence-electron chi connectivity index (χ2n) is 3.51. The standard InChI is InChI=1S/C9H17N3S/c1-4-5-6-8-10-11-9(13)12(8)7(2)3/h7H,4-6H2,1-3H3,(H,11,13). The predicted molar refractivity (Wildman–Crippen MR) is 56.4 cm³/mol. The molecule has 1 aromatic heterocycles. The van der Waals surface area contributed by atoms with Crippen LogP contribution in [0.15, 0.2) is 0 Å². The zero-order valence-corrected chi connectivity index (χ0v) is 9.32. The molecular weight excluding hydrogens is 182 g/mol. The van der Waals surface area contributed by atoms with Crippen molar-refractivity contribution in [2.24, 2.45) is 0 Å². The van der Waals surface area contributed by atoms with Gasteiger partial charge in [-0.2, -0.15) is 5.10 Å². The minimum atomic E-state index is 0.401. The molecule has 0 aliphatic rings. The van der Waals surface area contributed by atoms with Crippen LogP contribution >= 0.6 is 12.2 Å². The second-order valence-corrected chi connectivity index (χ2v) is 3.90. The van der Waals surface area contributed by atoms with Crippen LogP contribution in [0.5, 0.6) is 0 Å². The fourth-order valence-electron chi connectivity index (χ4n) is 1.38. The maximum absolute atomic E-state index is 5.14. The number of aromatic amines is 1. The Labute approximate surface area is 84.2 Å². The van der Waals surface area contributed by atoms with E-state index < -0.39 is 0 Å². The van der Waals surface area contributed by atoms with Gasteiger partial charge in [0.1, 0.15) is 5.82 Å². The first kappa shape index (κ1) is 10.4. The molecule has 0 bridgehead atoms. The van der Waals surface area contributed by atoms with Crippen molar-refractivity contribution < 1.29 is 0 Å². The zero-order chi connectivity index (χ0) is 9.84. The first-order chi connectivity index (χ1) is 6.16. The van der Waals surface area contributed by atoms with Gasteiger partial charge in [0.15, 0.2) is 4.77 Å². The van der Waals surface area contributed by atoms with E-state index in [0.29, 0.717) is 6.04 Å². The Kier molecular flexibility index (Phi) is 3.66. The Hall–Kier alpha value is -0.640. The molecule has 74 valence electrons. The van der Waals surface area contributed by atoms with Crippen LogP contribution in [-0.4, -0.2) is 14.8 Å². The summed E-state index contributed by atoms with van der Waals surface area (Å²) in [4.78, 5) is 0. The zero-order valence-electron chi connectivity index (χ0n) is 8.50. The third-order valence-electron chi connectivity index (χ3n) is 2.05. The highest BCUT2D eigenvalue weighted by Crippen LogP contribution is 2.10.